The summed E-state index contributed by atoms with van der Waals surface area (Å²) in [5.74, 6) is 0. The lowest BCUT2D eigenvalue weighted by Gasteiger charge is -2.01. The maximum Gasteiger partial charge on any atom is 0.260 e. The summed E-state index contributed by atoms with van der Waals surface area (Å²) in [5, 5.41) is 9.20. The molecule has 2 aromatic rings. The quantitative estimate of drug-likeness (QED) is 0.781. The number of nitrogen functional groups attached to an aromatic ring is 1. The Hall–Kier alpha value is -1.93. The number of rotatable bonds is 2. The number of nitrogens with two attached hydrogens (primary N) is 1. The molecular weight excluding hydrogens is 210 g/mol. The summed E-state index contributed by atoms with van der Waals surface area (Å²) >= 11 is 1.33. The van der Waals surface area contributed by atoms with E-state index in [0.717, 1.165) is 4.90 Å². The number of hydrogen-bond donors (Lipinski definition) is 1. The van der Waals surface area contributed by atoms with Gasteiger partial charge in [0, 0.05) is 10.6 Å². The Morgan fingerprint density at radius 3 is 2.93 bits per heavy atom. The van der Waals surface area contributed by atoms with Crippen molar-refractivity contribution in [3.05, 3.63) is 36.2 Å². The molecule has 0 bridgehead atoms. The molecule has 0 saturated heterocycles. The minimum Gasteiger partial charge on any atom is -0.440 e. The summed E-state index contributed by atoms with van der Waals surface area (Å²) in [5.41, 5.74) is 6.87. The van der Waals surface area contributed by atoms with E-state index in [0.29, 0.717) is 16.5 Å². The second-order valence-corrected chi connectivity index (χ2v) is 3.76. The third-order valence-electron chi connectivity index (χ3n) is 1.75. The highest BCUT2D eigenvalue weighted by Gasteiger charge is 2.05. The van der Waals surface area contributed by atoms with E-state index in [1.54, 1.807) is 24.4 Å². The number of anilines is 1. The van der Waals surface area contributed by atoms with Gasteiger partial charge in [0.1, 0.15) is 6.26 Å². The minimum absolute atomic E-state index is 0.534. The molecule has 2 N–H and O–H groups in total. The molecule has 0 atom stereocenters. The van der Waals surface area contributed by atoms with Crippen molar-refractivity contribution in [2.45, 2.75) is 10.1 Å². The first kappa shape index (κ1) is 9.62. The van der Waals surface area contributed by atoms with Gasteiger partial charge in [0.25, 0.3) is 5.22 Å². The van der Waals surface area contributed by atoms with Crippen LogP contribution in [0.3, 0.4) is 0 Å². The van der Waals surface area contributed by atoms with Gasteiger partial charge in [-0.25, -0.2) is 4.98 Å². The summed E-state index contributed by atoms with van der Waals surface area (Å²) in [4.78, 5) is 4.80. The fourth-order valence-electron chi connectivity index (χ4n) is 1.07. The Kier molecular flexibility index (Phi) is 2.61. The molecule has 2 rings (SSSR count). The Balaban J connectivity index is 2.27. The predicted molar refractivity (Wildman–Crippen MR) is 56.2 cm³/mol. The van der Waals surface area contributed by atoms with Crippen molar-refractivity contribution >= 4 is 17.4 Å². The molecule has 0 aliphatic heterocycles. The van der Waals surface area contributed by atoms with E-state index >= 15 is 0 Å². The van der Waals surface area contributed by atoms with Crippen LogP contribution in [-0.4, -0.2) is 4.98 Å². The molecule has 0 spiro atoms. The molecule has 0 radical (unpaired) electrons. The van der Waals surface area contributed by atoms with Gasteiger partial charge in [-0.2, -0.15) is 5.26 Å². The lowest BCUT2D eigenvalue weighted by atomic mass is 10.2. The lowest BCUT2D eigenvalue weighted by Crippen LogP contribution is -1.89. The molecule has 4 nitrogen and oxygen atoms in total. The van der Waals surface area contributed by atoms with Crippen molar-refractivity contribution in [1.82, 2.24) is 4.98 Å². The maximum absolute atomic E-state index is 8.67. The number of hydrogen-bond acceptors (Lipinski definition) is 5. The second kappa shape index (κ2) is 4.07. The maximum atomic E-state index is 8.67. The van der Waals surface area contributed by atoms with E-state index in [2.05, 4.69) is 4.98 Å². The summed E-state index contributed by atoms with van der Waals surface area (Å²) in [7, 11) is 0. The zero-order valence-electron chi connectivity index (χ0n) is 7.68. The molecule has 15 heavy (non-hydrogen) atoms. The number of oxazole rings is 1. The van der Waals surface area contributed by atoms with Crippen LogP contribution in [0.5, 0.6) is 0 Å². The van der Waals surface area contributed by atoms with Gasteiger partial charge in [-0.05, 0) is 30.0 Å². The van der Waals surface area contributed by atoms with Gasteiger partial charge in [-0.1, -0.05) is 0 Å². The molecule has 1 aromatic heterocycles. The molecule has 1 aromatic carbocycles. The molecule has 1 heterocycles. The van der Waals surface area contributed by atoms with Crippen LogP contribution in [0.2, 0.25) is 0 Å². The third-order valence-corrected chi connectivity index (χ3v) is 2.71. The SMILES string of the molecule is N#Cc1ccc(Sc2ncco2)c(N)c1. The van der Waals surface area contributed by atoms with Crippen LogP contribution in [0.15, 0.2) is 45.2 Å². The third kappa shape index (κ3) is 2.11. The van der Waals surface area contributed by atoms with Crippen LogP contribution >= 0.6 is 11.8 Å². The minimum atomic E-state index is 0.534. The highest BCUT2D eigenvalue weighted by Crippen LogP contribution is 2.31. The van der Waals surface area contributed by atoms with Crippen LogP contribution in [0, 0.1) is 11.3 Å². The lowest BCUT2D eigenvalue weighted by molar-refractivity contribution is 0.454. The molecule has 0 unspecified atom stereocenters. The first-order valence-electron chi connectivity index (χ1n) is 4.16. The Morgan fingerprint density at radius 1 is 1.47 bits per heavy atom. The van der Waals surface area contributed by atoms with E-state index in [-0.39, 0.29) is 0 Å². The van der Waals surface area contributed by atoms with Gasteiger partial charge in [-0.3, -0.25) is 0 Å². The van der Waals surface area contributed by atoms with Gasteiger partial charge in [-0.15, -0.1) is 0 Å². The largest absolute Gasteiger partial charge is 0.440 e. The fraction of sp³-hybridized carbons (Fsp3) is 0. The summed E-state index contributed by atoms with van der Waals surface area (Å²) in [6, 6.07) is 7.15. The smallest absolute Gasteiger partial charge is 0.260 e. The number of nitriles is 1. The molecule has 5 heteroatoms. The van der Waals surface area contributed by atoms with Crippen molar-refractivity contribution < 1.29 is 4.42 Å². The highest BCUT2D eigenvalue weighted by atomic mass is 32.2. The van der Waals surface area contributed by atoms with Gasteiger partial charge in [0.05, 0.1) is 17.8 Å². The highest BCUT2D eigenvalue weighted by molar-refractivity contribution is 7.99. The van der Waals surface area contributed by atoms with E-state index < -0.39 is 0 Å². The zero-order valence-corrected chi connectivity index (χ0v) is 8.49. The van der Waals surface area contributed by atoms with Crippen LogP contribution in [0.25, 0.3) is 0 Å². The van der Waals surface area contributed by atoms with Crippen molar-refractivity contribution in [3.8, 4) is 6.07 Å². The second-order valence-electron chi connectivity index (χ2n) is 2.76. The summed E-state index contributed by atoms with van der Waals surface area (Å²) in [6.45, 7) is 0. The van der Waals surface area contributed by atoms with Crippen LogP contribution in [-0.2, 0) is 0 Å². The first-order valence-corrected chi connectivity index (χ1v) is 4.98. The van der Waals surface area contributed by atoms with Crippen molar-refractivity contribution in [2.24, 2.45) is 0 Å². The predicted octanol–water partition coefficient (Wildman–Crippen LogP) is 2.28. The molecule has 0 aliphatic rings. The van der Waals surface area contributed by atoms with Crippen LogP contribution < -0.4 is 5.73 Å². The van der Waals surface area contributed by atoms with E-state index in [1.807, 2.05) is 6.07 Å². The summed E-state index contributed by atoms with van der Waals surface area (Å²) < 4.78 is 5.08. The molecular formula is C10H7N3OS. The van der Waals surface area contributed by atoms with Gasteiger partial charge in [0.2, 0.25) is 0 Å². The molecule has 0 aliphatic carbocycles. The number of aromatic nitrogens is 1. The first-order chi connectivity index (χ1) is 7.29. The average Bonchev–Trinajstić information content (AvgIpc) is 2.74. The van der Waals surface area contributed by atoms with Crippen molar-refractivity contribution in [1.29, 1.82) is 5.26 Å². The Bertz CT molecular complexity index is 502. The van der Waals surface area contributed by atoms with Gasteiger partial charge in [0.15, 0.2) is 0 Å². The zero-order chi connectivity index (χ0) is 10.7. The van der Waals surface area contributed by atoms with E-state index in [4.69, 9.17) is 15.4 Å². The average molecular weight is 217 g/mol. The van der Waals surface area contributed by atoms with Crippen LogP contribution in [0.1, 0.15) is 5.56 Å². The number of benzene rings is 1. The van der Waals surface area contributed by atoms with E-state index in [9.17, 15) is 0 Å². The number of nitrogens with zero attached hydrogens (tertiary/aromatic N) is 2. The van der Waals surface area contributed by atoms with Gasteiger partial charge < -0.3 is 10.2 Å². The van der Waals surface area contributed by atoms with Crippen LogP contribution in [0.4, 0.5) is 5.69 Å². The monoisotopic (exact) mass is 217 g/mol. The van der Waals surface area contributed by atoms with E-state index in [1.165, 1.54) is 18.0 Å². The van der Waals surface area contributed by atoms with Crippen molar-refractivity contribution in [2.75, 3.05) is 5.73 Å². The fourth-order valence-corrected chi connectivity index (χ4v) is 1.78. The molecule has 0 saturated carbocycles. The molecule has 0 fully saturated rings. The Labute approximate surface area is 90.7 Å². The van der Waals surface area contributed by atoms with Gasteiger partial charge >= 0.3 is 0 Å². The molecule has 0 amide bonds. The molecule has 74 valence electrons. The standard InChI is InChI=1S/C10H7N3OS/c11-6-7-1-2-9(8(12)5-7)15-10-13-3-4-14-10/h1-5H,12H2. The van der Waals surface area contributed by atoms with Crippen molar-refractivity contribution in [3.63, 3.8) is 0 Å². The Morgan fingerprint density at radius 2 is 2.33 bits per heavy atom. The summed E-state index contributed by atoms with van der Waals surface area (Å²) in [6.07, 6.45) is 3.07. The topological polar surface area (TPSA) is 75.8 Å². The normalized spacial score (nSPS) is 9.80.